The highest BCUT2D eigenvalue weighted by Gasteiger charge is 2.18. The third-order valence-corrected chi connectivity index (χ3v) is 3.44. The van der Waals surface area contributed by atoms with E-state index in [0.717, 1.165) is 6.54 Å². The number of aryl methyl sites for hydroxylation is 1. The summed E-state index contributed by atoms with van der Waals surface area (Å²) in [4.78, 5) is 2.52. The number of nitrogens with zero attached hydrogens (tertiary/aromatic N) is 1. The summed E-state index contributed by atoms with van der Waals surface area (Å²) < 4.78 is 0. The lowest BCUT2D eigenvalue weighted by Gasteiger charge is -2.33. The maximum atomic E-state index is 5.98. The molecule has 0 aromatic heterocycles. The first-order valence-corrected chi connectivity index (χ1v) is 6.71. The lowest BCUT2D eigenvalue weighted by molar-refractivity contribution is 0.584. The number of hydrogen-bond donors (Lipinski definition) is 1. The Bertz CT molecular complexity index is 383. The van der Waals surface area contributed by atoms with Gasteiger partial charge in [0.2, 0.25) is 0 Å². The molecular formula is C15H24N2. The first-order chi connectivity index (χ1) is 8.08. The fourth-order valence-electron chi connectivity index (χ4n) is 2.58. The Hall–Kier alpha value is -1.02. The highest BCUT2D eigenvalue weighted by atomic mass is 15.1. The maximum absolute atomic E-state index is 5.98. The monoisotopic (exact) mass is 232 g/mol. The van der Waals surface area contributed by atoms with Crippen LogP contribution in [0.1, 0.15) is 44.4 Å². The lowest BCUT2D eigenvalue weighted by atomic mass is 9.97. The number of anilines is 1. The van der Waals surface area contributed by atoms with Gasteiger partial charge in [0, 0.05) is 24.8 Å². The van der Waals surface area contributed by atoms with Crippen LogP contribution < -0.4 is 10.6 Å². The van der Waals surface area contributed by atoms with Gasteiger partial charge in [0.1, 0.15) is 0 Å². The van der Waals surface area contributed by atoms with Crippen LogP contribution in [0.15, 0.2) is 18.2 Å². The standard InChI is InChI=1S/C15H24N2/c1-11(2)10-17-8-4-5-13-6-7-14(12(3)16)9-15(13)17/h6-7,9,11-12H,4-5,8,10,16H2,1-3H3. The molecule has 0 bridgehead atoms. The van der Waals surface area contributed by atoms with Gasteiger partial charge in [-0.25, -0.2) is 0 Å². The third-order valence-electron chi connectivity index (χ3n) is 3.44. The Labute approximate surface area is 105 Å². The Morgan fingerprint density at radius 2 is 2.06 bits per heavy atom. The average Bonchev–Trinajstić information content (AvgIpc) is 2.28. The second-order valence-electron chi connectivity index (χ2n) is 5.62. The molecule has 2 heteroatoms. The largest absolute Gasteiger partial charge is 0.371 e. The molecule has 0 fully saturated rings. The second-order valence-corrected chi connectivity index (χ2v) is 5.62. The molecule has 1 aromatic rings. The highest BCUT2D eigenvalue weighted by molar-refractivity contribution is 5.57. The van der Waals surface area contributed by atoms with Crippen molar-refractivity contribution >= 4 is 5.69 Å². The summed E-state index contributed by atoms with van der Waals surface area (Å²) in [6.45, 7) is 8.95. The molecule has 1 heterocycles. The van der Waals surface area contributed by atoms with E-state index in [1.807, 2.05) is 0 Å². The molecule has 1 atom stereocenters. The third kappa shape index (κ3) is 2.81. The molecule has 0 amide bonds. The molecule has 0 spiro atoms. The molecule has 0 saturated heterocycles. The Balaban J connectivity index is 2.30. The summed E-state index contributed by atoms with van der Waals surface area (Å²) in [5.41, 5.74) is 10.1. The Morgan fingerprint density at radius 1 is 1.29 bits per heavy atom. The van der Waals surface area contributed by atoms with Crippen molar-refractivity contribution in [1.29, 1.82) is 0 Å². The van der Waals surface area contributed by atoms with Crippen LogP contribution >= 0.6 is 0 Å². The minimum absolute atomic E-state index is 0.128. The zero-order chi connectivity index (χ0) is 12.4. The molecule has 0 saturated carbocycles. The van der Waals surface area contributed by atoms with Crippen LogP contribution in [0.3, 0.4) is 0 Å². The van der Waals surface area contributed by atoms with Gasteiger partial charge in [-0.05, 0) is 42.9 Å². The summed E-state index contributed by atoms with van der Waals surface area (Å²) in [6, 6.07) is 6.87. The molecule has 2 rings (SSSR count). The van der Waals surface area contributed by atoms with E-state index < -0.39 is 0 Å². The van der Waals surface area contributed by atoms with Crippen molar-refractivity contribution in [2.45, 2.75) is 39.7 Å². The smallest absolute Gasteiger partial charge is 0.0402 e. The van der Waals surface area contributed by atoms with E-state index in [-0.39, 0.29) is 6.04 Å². The quantitative estimate of drug-likeness (QED) is 0.867. The zero-order valence-corrected chi connectivity index (χ0v) is 11.2. The fourth-order valence-corrected chi connectivity index (χ4v) is 2.58. The van der Waals surface area contributed by atoms with Crippen LogP contribution in [0.2, 0.25) is 0 Å². The first kappa shape index (κ1) is 12.4. The first-order valence-electron chi connectivity index (χ1n) is 6.71. The minimum Gasteiger partial charge on any atom is -0.371 e. The van der Waals surface area contributed by atoms with Gasteiger partial charge in [-0.2, -0.15) is 0 Å². The molecule has 2 N–H and O–H groups in total. The molecule has 94 valence electrons. The molecular weight excluding hydrogens is 208 g/mol. The predicted molar refractivity (Wildman–Crippen MR) is 74.4 cm³/mol. The van der Waals surface area contributed by atoms with Crippen molar-refractivity contribution in [2.75, 3.05) is 18.0 Å². The summed E-state index contributed by atoms with van der Waals surface area (Å²) in [5.74, 6) is 0.708. The topological polar surface area (TPSA) is 29.3 Å². The van der Waals surface area contributed by atoms with Crippen LogP contribution in [0.25, 0.3) is 0 Å². The van der Waals surface area contributed by atoms with Gasteiger partial charge in [-0.3, -0.25) is 0 Å². The number of rotatable bonds is 3. The minimum atomic E-state index is 0.128. The SMILES string of the molecule is CC(C)CN1CCCc2ccc(C(C)N)cc21. The van der Waals surface area contributed by atoms with Gasteiger partial charge in [0.25, 0.3) is 0 Å². The lowest BCUT2D eigenvalue weighted by Crippen LogP contribution is -2.32. The van der Waals surface area contributed by atoms with E-state index >= 15 is 0 Å². The maximum Gasteiger partial charge on any atom is 0.0402 e. The molecule has 1 unspecified atom stereocenters. The van der Waals surface area contributed by atoms with Crippen molar-refractivity contribution in [1.82, 2.24) is 0 Å². The normalized spacial score (nSPS) is 17.1. The van der Waals surface area contributed by atoms with E-state index in [9.17, 15) is 0 Å². The molecule has 1 aliphatic heterocycles. The van der Waals surface area contributed by atoms with E-state index in [2.05, 4.69) is 43.9 Å². The zero-order valence-electron chi connectivity index (χ0n) is 11.2. The fraction of sp³-hybridized carbons (Fsp3) is 0.600. The summed E-state index contributed by atoms with van der Waals surface area (Å²) in [5, 5.41) is 0. The Morgan fingerprint density at radius 3 is 2.71 bits per heavy atom. The highest BCUT2D eigenvalue weighted by Crippen LogP contribution is 2.30. The van der Waals surface area contributed by atoms with E-state index in [1.54, 1.807) is 0 Å². The number of hydrogen-bond acceptors (Lipinski definition) is 2. The molecule has 2 nitrogen and oxygen atoms in total. The van der Waals surface area contributed by atoms with Crippen LogP contribution in [-0.4, -0.2) is 13.1 Å². The average molecular weight is 232 g/mol. The molecule has 17 heavy (non-hydrogen) atoms. The number of benzene rings is 1. The van der Waals surface area contributed by atoms with Crippen LogP contribution in [-0.2, 0) is 6.42 Å². The van der Waals surface area contributed by atoms with Gasteiger partial charge in [0.05, 0.1) is 0 Å². The van der Waals surface area contributed by atoms with Gasteiger partial charge in [-0.1, -0.05) is 26.0 Å². The van der Waals surface area contributed by atoms with Gasteiger partial charge < -0.3 is 10.6 Å². The summed E-state index contributed by atoms with van der Waals surface area (Å²) in [7, 11) is 0. The van der Waals surface area contributed by atoms with Crippen molar-refractivity contribution in [3.63, 3.8) is 0 Å². The van der Waals surface area contributed by atoms with E-state index in [1.165, 1.54) is 36.2 Å². The number of fused-ring (bicyclic) bond motifs is 1. The van der Waals surface area contributed by atoms with Crippen molar-refractivity contribution in [3.8, 4) is 0 Å². The van der Waals surface area contributed by atoms with Gasteiger partial charge >= 0.3 is 0 Å². The van der Waals surface area contributed by atoms with Crippen molar-refractivity contribution in [2.24, 2.45) is 11.7 Å². The molecule has 1 aromatic carbocycles. The van der Waals surface area contributed by atoms with E-state index in [4.69, 9.17) is 5.73 Å². The van der Waals surface area contributed by atoms with Gasteiger partial charge in [-0.15, -0.1) is 0 Å². The molecule has 0 aliphatic carbocycles. The van der Waals surface area contributed by atoms with Crippen molar-refractivity contribution < 1.29 is 0 Å². The van der Waals surface area contributed by atoms with Crippen molar-refractivity contribution in [3.05, 3.63) is 29.3 Å². The van der Waals surface area contributed by atoms with Gasteiger partial charge in [0.15, 0.2) is 0 Å². The van der Waals surface area contributed by atoms with Crippen LogP contribution in [0.4, 0.5) is 5.69 Å². The van der Waals surface area contributed by atoms with Crippen LogP contribution in [0.5, 0.6) is 0 Å². The number of nitrogens with two attached hydrogens (primary N) is 1. The molecule has 0 radical (unpaired) electrons. The van der Waals surface area contributed by atoms with E-state index in [0.29, 0.717) is 5.92 Å². The van der Waals surface area contributed by atoms with Crippen LogP contribution in [0, 0.1) is 5.92 Å². The Kier molecular flexibility index (Phi) is 3.72. The molecule has 1 aliphatic rings. The summed E-state index contributed by atoms with van der Waals surface area (Å²) in [6.07, 6.45) is 2.49. The second kappa shape index (κ2) is 5.09. The predicted octanol–water partition coefficient (Wildman–Crippen LogP) is 3.11. The summed E-state index contributed by atoms with van der Waals surface area (Å²) >= 11 is 0.